The summed E-state index contributed by atoms with van der Waals surface area (Å²) in [4.78, 5) is 0. The van der Waals surface area contributed by atoms with Gasteiger partial charge in [-0.05, 0) is 57.5 Å². The van der Waals surface area contributed by atoms with Crippen LogP contribution in [0.5, 0.6) is 11.5 Å². The van der Waals surface area contributed by atoms with Gasteiger partial charge in [-0.2, -0.15) is 0 Å². The average Bonchev–Trinajstić information content (AvgIpc) is 2.79. The van der Waals surface area contributed by atoms with E-state index >= 15 is 0 Å². The van der Waals surface area contributed by atoms with Gasteiger partial charge in [0.15, 0.2) is 6.20 Å². The fourth-order valence-electron chi connectivity index (χ4n) is 5.87. The van der Waals surface area contributed by atoms with E-state index in [0.717, 1.165) is 11.5 Å². The van der Waals surface area contributed by atoms with Crippen molar-refractivity contribution in [1.82, 2.24) is 0 Å². The zero-order valence-corrected chi connectivity index (χ0v) is 20.3. The molecule has 6 rings (SSSR count). The Morgan fingerprint density at radius 1 is 0.758 bits per heavy atom. The minimum absolute atomic E-state index is 0.349. The first-order valence-corrected chi connectivity index (χ1v) is 12.0. The normalized spacial score (nSPS) is 12.7. The van der Waals surface area contributed by atoms with E-state index in [1.54, 1.807) is 0 Å². The van der Waals surface area contributed by atoms with Gasteiger partial charge in [-0.3, -0.25) is 0 Å². The van der Waals surface area contributed by atoms with Crippen molar-refractivity contribution in [3.8, 4) is 22.8 Å². The maximum Gasteiger partial charge on any atom is 0.228 e. The zero-order valence-electron chi connectivity index (χ0n) is 20.3. The predicted molar refractivity (Wildman–Crippen MR) is 139 cm³/mol. The van der Waals surface area contributed by atoms with E-state index in [1.165, 1.54) is 60.3 Å². The topological polar surface area (TPSA) is 13.1 Å². The van der Waals surface area contributed by atoms with Crippen LogP contribution in [-0.4, -0.2) is 0 Å². The van der Waals surface area contributed by atoms with Gasteiger partial charge in [0, 0.05) is 17.0 Å². The summed E-state index contributed by atoms with van der Waals surface area (Å²) < 4.78 is 9.19. The quantitative estimate of drug-likeness (QED) is 0.198. The zero-order chi connectivity index (χ0) is 23.0. The largest absolute Gasteiger partial charge is 0.455 e. The van der Waals surface area contributed by atoms with Crippen LogP contribution in [0.25, 0.3) is 43.6 Å². The summed E-state index contributed by atoms with van der Waals surface area (Å²) in [6, 6.07) is 20.0. The van der Waals surface area contributed by atoms with E-state index in [1.807, 2.05) is 0 Å². The molecule has 4 aromatic carbocycles. The predicted octanol–water partition coefficient (Wildman–Crippen LogP) is 8.30. The van der Waals surface area contributed by atoms with Crippen molar-refractivity contribution in [3.05, 3.63) is 77.5 Å². The number of ether oxygens (including phenoxy) is 1. The van der Waals surface area contributed by atoms with E-state index < -0.39 is 0 Å². The van der Waals surface area contributed by atoms with Crippen LogP contribution < -0.4 is 9.30 Å². The Labute approximate surface area is 195 Å². The molecule has 5 aromatic rings. The van der Waals surface area contributed by atoms with Crippen molar-refractivity contribution < 1.29 is 9.30 Å². The SMILES string of the molecule is Cc1c2c(c(C(C)C)c3ccccc13)Oc1cc3c(C(C)C)cccc3c3cc[n+](C)c-2c13. The minimum atomic E-state index is 0.349. The molecule has 33 heavy (non-hydrogen) atoms. The Hall–Kier alpha value is -3.39. The van der Waals surface area contributed by atoms with Gasteiger partial charge in [-0.1, -0.05) is 70.2 Å². The van der Waals surface area contributed by atoms with Crippen molar-refractivity contribution >= 4 is 32.3 Å². The third-order valence-corrected chi connectivity index (χ3v) is 7.39. The highest BCUT2D eigenvalue weighted by molar-refractivity contribution is 6.16. The van der Waals surface area contributed by atoms with Gasteiger partial charge in [0.1, 0.15) is 18.5 Å². The van der Waals surface area contributed by atoms with E-state index in [-0.39, 0.29) is 0 Å². The number of pyridine rings is 1. The second-order valence-corrected chi connectivity index (χ2v) is 10.1. The summed E-state index contributed by atoms with van der Waals surface area (Å²) in [5.41, 5.74) is 6.44. The van der Waals surface area contributed by atoms with Gasteiger partial charge in [-0.25, -0.2) is 4.57 Å². The molecule has 1 aliphatic rings. The summed E-state index contributed by atoms with van der Waals surface area (Å²) in [6.07, 6.45) is 2.21. The fraction of sp³-hybridized carbons (Fsp3) is 0.258. The first-order chi connectivity index (χ1) is 15.9. The van der Waals surface area contributed by atoms with E-state index in [0.29, 0.717) is 11.8 Å². The number of hydrogen-bond acceptors (Lipinski definition) is 1. The number of benzene rings is 4. The minimum Gasteiger partial charge on any atom is -0.455 e. The van der Waals surface area contributed by atoms with Crippen molar-refractivity contribution in [3.63, 3.8) is 0 Å². The van der Waals surface area contributed by atoms with E-state index in [4.69, 9.17) is 4.74 Å². The number of rotatable bonds is 2. The number of hydrogen-bond donors (Lipinski definition) is 0. The molecule has 0 amide bonds. The lowest BCUT2D eigenvalue weighted by atomic mass is 9.84. The van der Waals surface area contributed by atoms with Gasteiger partial charge in [-0.15, -0.1) is 0 Å². The van der Waals surface area contributed by atoms with Gasteiger partial charge < -0.3 is 4.74 Å². The molecule has 0 spiro atoms. The van der Waals surface area contributed by atoms with Gasteiger partial charge in [0.2, 0.25) is 5.69 Å². The van der Waals surface area contributed by atoms with Crippen LogP contribution in [0.3, 0.4) is 0 Å². The molecule has 0 atom stereocenters. The molecule has 0 radical (unpaired) electrons. The van der Waals surface area contributed by atoms with Crippen LogP contribution in [0.4, 0.5) is 0 Å². The Kier molecular flexibility index (Phi) is 4.32. The molecule has 2 heteroatoms. The van der Waals surface area contributed by atoms with Crippen LogP contribution in [-0.2, 0) is 7.05 Å². The first kappa shape index (κ1) is 20.2. The molecule has 0 N–H and O–H groups in total. The Morgan fingerprint density at radius 2 is 1.48 bits per heavy atom. The maximum absolute atomic E-state index is 6.92. The Morgan fingerprint density at radius 3 is 2.21 bits per heavy atom. The summed E-state index contributed by atoms with van der Waals surface area (Å²) in [7, 11) is 2.16. The monoisotopic (exact) mass is 432 g/mol. The molecule has 0 unspecified atom stereocenters. The lowest BCUT2D eigenvalue weighted by Crippen LogP contribution is -2.32. The van der Waals surface area contributed by atoms with Gasteiger partial charge in [0.05, 0.1) is 10.9 Å². The molecule has 0 fully saturated rings. The molecule has 1 aromatic heterocycles. The second kappa shape index (κ2) is 7.05. The number of aromatic nitrogens is 1. The molecule has 2 heterocycles. The Bertz CT molecular complexity index is 1610. The molecular formula is C31H30NO+. The number of fused-ring (bicyclic) bond motifs is 5. The lowest BCUT2D eigenvalue weighted by Gasteiger charge is -2.27. The summed E-state index contributed by atoms with van der Waals surface area (Å²) in [6.45, 7) is 11.3. The third-order valence-electron chi connectivity index (χ3n) is 7.39. The molecule has 1 aliphatic heterocycles. The fourth-order valence-corrected chi connectivity index (χ4v) is 5.87. The molecule has 0 saturated carbocycles. The van der Waals surface area contributed by atoms with Crippen molar-refractivity contribution in [2.75, 3.05) is 0 Å². The lowest BCUT2D eigenvalue weighted by molar-refractivity contribution is -0.659. The van der Waals surface area contributed by atoms with Crippen molar-refractivity contribution in [1.29, 1.82) is 0 Å². The standard InChI is InChI=1S/C31H30NO/c1-17(2)20-12-9-13-22-24-14-15-32(6)30-28-19(5)21-10-7-8-11-23(21)27(18(3)4)31(28)33-26(29(24)30)16-25(20)22/h7-18H,1-6H3/q+1. The Balaban J connectivity index is 1.85. The van der Waals surface area contributed by atoms with Crippen LogP contribution >= 0.6 is 0 Å². The summed E-state index contributed by atoms with van der Waals surface area (Å²) >= 11 is 0. The second-order valence-electron chi connectivity index (χ2n) is 10.1. The smallest absolute Gasteiger partial charge is 0.228 e. The number of aryl methyl sites for hydroxylation is 2. The van der Waals surface area contributed by atoms with E-state index in [2.05, 4.69) is 107 Å². The third kappa shape index (κ3) is 2.70. The first-order valence-electron chi connectivity index (χ1n) is 12.0. The van der Waals surface area contributed by atoms with Crippen molar-refractivity contribution in [2.24, 2.45) is 7.05 Å². The van der Waals surface area contributed by atoms with Crippen LogP contribution in [0.2, 0.25) is 0 Å². The van der Waals surface area contributed by atoms with E-state index in [9.17, 15) is 0 Å². The molecule has 0 saturated heterocycles. The van der Waals surface area contributed by atoms with Crippen LogP contribution in [0.15, 0.2) is 60.8 Å². The van der Waals surface area contributed by atoms with Crippen LogP contribution in [0.1, 0.15) is 56.2 Å². The molecule has 0 aliphatic carbocycles. The van der Waals surface area contributed by atoms with Crippen molar-refractivity contribution in [2.45, 2.75) is 46.5 Å². The summed E-state index contributed by atoms with van der Waals surface area (Å²) in [5, 5.41) is 7.69. The average molecular weight is 433 g/mol. The summed E-state index contributed by atoms with van der Waals surface area (Å²) in [5.74, 6) is 2.80. The number of nitrogens with zero attached hydrogens (tertiary/aromatic N) is 1. The molecular weight excluding hydrogens is 402 g/mol. The molecule has 164 valence electrons. The highest BCUT2D eigenvalue weighted by Crippen LogP contribution is 2.53. The maximum atomic E-state index is 6.92. The highest BCUT2D eigenvalue weighted by Gasteiger charge is 2.34. The van der Waals surface area contributed by atoms with Gasteiger partial charge >= 0.3 is 0 Å². The molecule has 0 bridgehead atoms. The highest BCUT2D eigenvalue weighted by atomic mass is 16.5. The van der Waals surface area contributed by atoms with Gasteiger partial charge in [0.25, 0.3) is 0 Å². The van der Waals surface area contributed by atoms with Crippen LogP contribution in [0, 0.1) is 6.92 Å². The molecule has 2 nitrogen and oxygen atoms in total.